The van der Waals surface area contributed by atoms with E-state index < -0.39 is 11.6 Å². The lowest BCUT2D eigenvalue weighted by Crippen LogP contribution is -2.12. The van der Waals surface area contributed by atoms with Gasteiger partial charge in [-0.05, 0) is 0 Å². The third kappa shape index (κ3) is 3.38. The van der Waals surface area contributed by atoms with Gasteiger partial charge in [-0.3, -0.25) is 9.59 Å². The number of benzene rings is 1. The highest BCUT2D eigenvalue weighted by molar-refractivity contribution is 6.47. The molecule has 0 aliphatic heterocycles. The fourth-order valence-electron chi connectivity index (χ4n) is 1.02. The van der Waals surface area contributed by atoms with Gasteiger partial charge in [-0.2, -0.15) is 0 Å². The predicted octanol–water partition coefficient (Wildman–Crippen LogP) is 1.51. The first-order chi connectivity index (χ1) is 7.11. The molecule has 15 heavy (non-hydrogen) atoms. The average molecular weight is 203 g/mol. The maximum atomic E-state index is 11.5. The molecule has 3 nitrogen and oxygen atoms in total. The number of allylic oxidation sites excluding steroid dienone is 1. The highest BCUT2D eigenvalue weighted by Gasteiger charge is 2.11. The summed E-state index contributed by atoms with van der Waals surface area (Å²) in [5, 5.41) is 0. The Morgan fingerprint density at radius 1 is 1.13 bits per heavy atom. The number of hydrogen-bond acceptors (Lipinski definition) is 3. The molecule has 1 aromatic rings. The second-order valence-electron chi connectivity index (χ2n) is 3.34. The van der Waals surface area contributed by atoms with Gasteiger partial charge in [0.2, 0.25) is 11.6 Å². The fraction of sp³-hybridized carbons (Fsp3) is 0.167. The van der Waals surface area contributed by atoms with Crippen molar-refractivity contribution in [3.05, 3.63) is 48.2 Å². The minimum absolute atomic E-state index is 0.422. The van der Waals surface area contributed by atoms with Crippen LogP contribution < -0.4 is 0 Å². The first-order valence-electron chi connectivity index (χ1n) is 4.59. The van der Waals surface area contributed by atoms with E-state index in [-0.39, 0.29) is 0 Å². The first-order valence-corrected chi connectivity index (χ1v) is 4.59. The van der Waals surface area contributed by atoms with Crippen LogP contribution in [0.15, 0.2) is 42.6 Å². The van der Waals surface area contributed by atoms with Gasteiger partial charge in [0.05, 0.1) is 0 Å². The molecule has 0 spiro atoms. The van der Waals surface area contributed by atoms with Crippen LogP contribution in [0.1, 0.15) is 10.4 Å². The summed E-state index contributed by atoms with van der Waals surface area (Å²) in [5.74, 6) is -0.983. The molecule has 0 unspecified atom stereocenters. The maximum Gasteiger partial charge on any atom is 0.232 e. The normalized spacial score (nSPS) is 10.3. The summed E-state index contributed by atoms with van der Waals surface area (Å²) in [5.41, 5.74) is 0.422. The predicted molar refractivity (Wildman–Crippen MR) is 58.6 cm³/mol. The number of nitrogens with zero attached hydrogens (tertiary/aromatic N) is 1. The summed E-state index contributed by atoms with van der Waals surface area (Å²) in [4.78, 5) is 24.6. The zero-order chi connectivity index (χ0) is 11.3. The van der Waals surface area contributed by atoms with Gasteiger partial charge in [-0.25, -0.2) is 0 Å². The summed E-state index contributed by atoms with van der Waals surface area (Å²) in [6, 6.07) is 8.52. The summed E-state index contributed by atoms with van der Waals surface area (Å²) in [6.45, 7) is 0. The molecular formula is C12H13NO2. The number of ketones is 2. The number of carbonyl (C=O) groups excluding carboxylic acids is 2. The molecule has 0 N–H and O–H groups in total. The average Bonchev–Trinajstić information content (AvgIpc) is 2.26. The molecule has 0 saturated carbocycles. The molecule has 1 aromatic carbocycles. The van der Waals surface area contributed by atoms with E-state index in [2.05, 4.69) is 0 Å². The van der Waals surface area contributed by atoms with Gasteiger partial charge in [-0.1, -0.05) is 30.3 Å². The molecule has 0 radical (unpaired) electrons. The van der Waals surface area contributed by atoms with Gasteiger partial charge in [0.1, 0.15) is 0 Å². The van der Waals surface area contributed by atoms with Gasteiger partial charge >= 0.3 is 0 Å². The van der Waals surface area contributed by atoms with E-state index in [9.17, 15) is 9.59 Å². The largest absolute Gasteiger partial charge is 0.383 e. The minimum Gasteiger partial charge on any atom is -0.383 e. The monoisotopic (exact) mass is 203 g/mol. The van der Waals surface area contributed by atoms with Crippen LogP contribution in [0.4, 0.5) is 0 Å². The Morgan fingerprint density at radius 3 is 2.27 bits per heavy atom. The second kappa shape index (κ2) is 5.10. The molecule has 0 amide bonds. The highest BCUT2D eigenvalue weighted by Crippen LogP contribution is 2.01. The van der Waals surface area contributed by atoms with Crippen molar-refractivity contribution in [2.75, 3.05) is 14.1 Å². The Hall–Kier alpha value is -1.90. The van der Waals surface area contributed by atoms with Crippen molar-refractivity contribution in [2.24, 2.45) is 0 Å². The van der Waals surface area contributed by atoms with E-state index >= 15 is 0 Å². The van der Waals surface area contributed by atoms with Gasteiger partial charge in [0.15, 0.2) is 0 Å². The Labute approximate surface area is 89.0 Å². The number of hydrogen-bond donors (Lipinski definition) is 0. The van der Waals surface area contributed by atoms with Gasteiger partial charge in [-0.15, -0.1) is 0 Å². The van der Waals surface area contributed by atoms with E-state index in [1.807, 2.05) is 0 Å². The van der Waals surface area contributed by atoms with E-state index in [0.29, 0.717) is 5.56 Å². The molecular weight excluding hydrogens is 190 g/mol. The molecule has 0 heterocycles. The van der Waals surface area contributed by atoms with Gasteiger partial charge in [0, 0.05) is 31.9 Å². The second-order valence-corrected chi connectivity index (χ2v) is 3.34. The minimum atomic E-state index is -0.505. The van der Waals surface area contributed by atoms with E-state index in [1.165, 1.54) is 6.08 Å². The lowest BCUT2D eigenvalue weighted by molar-refractivity contribution is -0.111. The van der Waals surface area contributed by atoms with Crippen LogP contribution in [0.5, 0.6) is 0 Å². The van der Waals surface area contributed by atoms with E-state index in [4.69, 9.17) is 0 Å². The SMILES string of the molecule is CN(C)C=CC(=O)C(=O)c1ccccc1. The summed E-state index contributed by atoms with van der Waals surface area (Å²) in [6.07, 6.45) is 2.83. The Morgan fingerprint density at radius 2 is 1.73 bits per heavy atom. The molecule has 78 valence electrons. The Bertz CT molecular complexity index is 380. The first kappa shape index (κ1) is 11.2. The molecule has 0 aromatic heterocycles. The molecule has 0 fully saturated rings. The van der Waals surface area contributed by atoms with Crippen molar-refractivity contribution in [1.29, 1.82) is 0 Å². The quantitative estimate of drug-likeness (QED) is 0.423. The highest BCUT2D eigenvalue weighted by atomic mass is 16.2. The standard InChI is InChI=1S/C12H13NO2/c1-13(2)9-8-11(14)12(15)10-6-4-3-5-7-10/h3-9H,1-2H3. The van der Waals surface area contributed by atoms with Crippen LogP contribution in [0.2, 0.25) is 0 Å². The van der Waals surface area contributed by atoms with Crippen molar-refractivity contribution in [2.45, 2.75) is 0 Å². The van der Waals surface area contributed by atoms with Crippen LogP contribution in [0.25, 0.3) is 0 Å². The van der Waals surface area contributed by atoms with Gasteiger partial charge < -0.3 is 4.90 Å². The van der Waals surface area contributed by atoms with Gasteiger partial charge in [0.25, 0.3) is 0 Å². The topological polar surface area (TPSA) is 37.4 Å². The molecule has 3 heteroatoms. The van der Waals surface area contributed by atoms with Crippen molar-refractivity contribution in [1.82, 2.24) is 4.90 Å². The molecule has 0 atom stereocenters. The number of rotatable bonds is 4. The molecule has 1 rings (SSSR count). The maximum absolute atomic E-state index is 11.5. The lowest BCUT2D eigenvalue weighted by Gasteiger charge is -2.02. The van der Waals surface area contributed by atoms with Crippen molar-refractivity contribution in [3.63, 3.8) is 0 Å². The zero-order valence-corrected chi connectivity index (χ0v) is 8.81. The molecule has 0 bridgehead atoms. The van der Waals surface area contributed by atoms with E-state index in [0.717, 1.165) is 0 Å². The van der Waals surface area contributed by atoms with Crippen LogP contribution in [0, 0.1) is 0 Å². The molecule has 0 aliphatic rings. The molecule has 0 saturated heterocycles. The van der Waals surface area contributed by atoms with Crippen LogP contribution in [0.3, 0.4) is 0 Å². The third-order valence-electron chi connectivity index (χ3n) is 1.78. The number of carbonyl (C=O) groups is 2. The summed E-state index contributed by atoms with van der Waals surface area (Å²) >= 11 is 0. The van der Waals surface area contributed by atoms with Crippen molar-refractivity contribution < 1.29 is 9.59 Å². The Kier molecular flexibility index (Phi) is 3.80. The smallest absolute Gasteiger partial charge is 0.232 e. The fourth-order valence-corrected chi connectivity index (χ4v) is 1.02. The molecule has 0 aliphatic carbocycles. The van der Waals surface area contributed by atoms with Crippen molar-refractivity contribution in [3.8, 4) is 0 Å². The van der Waals surface area contributed by atoms with Crippen molar-refractivity contribution >= 4 is 11.6 Å². The lowest BCUT2D eigenvalue weighted by atomic mass is 10.1. The zero-order valence-electron chi connectivity index (χ0n) is 8.81. The van der Waals surface area contributed by atoms with Crippen LogP contribution in [-0.2, 0) is 4.79 Å². The van der Waals surface area contributed by atoms with Crippen LogP contribution >= 0.6 is 0 Å². The third-order valence-corrected chi connectivity index (χ3v) is 1.78. The van der Waals surface area contributed by atoms with Crippen LogP contribution in [-0.4, -0.2) is 30.6 Å². The summed E-state index contributed by atoms with van der Waals surface area (Å²) < 4.78 is 0. The van der Waals surface area contributed by atoms with E-state index in [1.54, 1.807) is 55.5 Å². The number of Topliss-reactive ketones (excluding diaryl/α,β-unsaturated/α-hetero) is 1. The Balaban J connectivity index is 2.74. The summed E-state index contributed by atoms with van der Waals surface area (Å²) in [7, 11) is 3.58.